The quantitative estimate of drug-likeness (QED) is 0.866. The second-order valence-electron chi connectivity index (χ2n) is 5.41. The Morgan fingerprint density at radius 3 is 2.65 bits per heavy atom. The normalized spacial score (nSPS) is 14.7. The van der Waals surface area contributed by atoms with Gasteiger partial charge in [-0.25, -0.2) is 9.18 Å². The molecule has 7 heteroatoms. The van der Waals surface area contributed by atoms with Gasteiger partial charge < -0.3 is 14.8 Å². The molecule has 20 heavy (non-hydrogen) atoms. The van der Waals surface area contributed by atoms with E-state index in [1.165, 1.54) is 7.11 Å². The van der Waals surface area contributed by atoms with Crippen molar-refractivity contribution in [2.75, 3.05) is 13.8 Å². The maximum Gasteiger partial charge on any atom is 0.408 e. The number of aromatic nitrogens is 2. The van der Waals surface area contributed by atoms with Crippen molar-refractivity contribution in [1.82, 2.24) is 15.1 Å². The van der Waals surface area contributed by atoms with Crippen LogP contribution in [0.25, 0.3) is 0 Å². The van der Waals surface area contributed by atoms with Crippen molar-refractivity contribution in [2.45, 2.75) is 45.1 Å². The Bertz CT molecular complexity index is 399. The number of halogens is 1. The van der Waals surface area contributed by atoms with Crippen molar-refractivity contribution in [2.24, 2.45) is 0 Å². The molecule has 0 aliphatic carbocycles. The Morgan fingerprint density at radius 1 is 1.50 bits per heavy atom. The molecule has 0 bridgehead atoms. The van der Waals surface area contributed by atoms with E-state index in [4.69, 9.17) is 9.47 Å². The molecule has 0 aliphatic rings. The Balaban J connectivity index is 2.69. The highest BCUT2D eigenvalue weighted by atomic mass is 19.1. The number of nitrogens with one attached hydrogen (secondary N) is 1. The van der Waals surface area contributed by atoms with Gasteiger partial charge in [0.25, 0.3) is 0 Å². The molecule has 1 rings (SSSR count). The van der Waals surface area contributed by atoms with Gasteiger partial charge in [0.15, 0.2) is 0 Å². The molecule has 0 saturated carbocycles. The van der Waals surface area contributed by atoms with Gasteiger partial charge in [-0.3, -0.25) is 4.68 Å². The number of ether oxygens (including phenoxy) is 2. The number of carbonyl (C=O) groups is 1. The van der Waals surface area contributed by atoms with Crippen LogP contribution >= 0.6 is 0 Å². The first kappa shape index (κ1) is 16.4. The summed E-state index contributed by atoms with van der Waals surface area (Å²) in [6.07, 6.45) is 1.98. The van der Waals surface area contributed by atoms with Gasteiger partial charge in [0.2, 0.25) is 0 Å². The van der Waals surface area contributed by atoms with Crippen molar-refractivity contribution < 1.29 is 18.7 Å². The minimum Gasteiger partial charge on any atom is -0.444 e. The maximum atomic E-state index is 13.0. The molecular formula is C13H22FN3O3. The number of carbonyl (C=O) groups excluding carboxylic acids is 1. The van der Waals surface area contributed by atoms with Crippen LogP contribution < -0.4 is 5.32 Å². The fourth-order valence-electron chi connectivity index (χ4n) is 1.66. The molecule has 1 N–H and O–H groups in total. The molecule has 0 aliphatic heterocycles. The summed E-state index contributed by atoms with van der Waals surface area (Å²) in [6.45, 7) is 4.88. The van der Waals surface area contributed by atoms with E-state index < -0.39 is 30.5 Å². The van der Waals surface area contributed by atoms with Crippen molar-refractivity contribution in [3.8, 4) is 0 Å². The molecule has 0 fully saturated rings. The average Bonchev–Trinajstić information content (AvgIpc) is 2.80. The first-order chi connectivity index (χ1) is 9.35. The van der Waals surface area contributed by atoms with Gasteiger partial charge in [-0.1, -0.05) is 0 Å². The fourth-order valence-corrected chi connectivity index (χ4v) is 1.66. The Labute approximate surface area is 118 Å². The summed E-state index contributed by atoms with van der Waals surface area (Å²) in [4.78, 5) is 11.8. The SMILES string of the molecule is COC(CF)C(Cn1cccn1)NC(=O)OC(C)(C)C. The zero-order valence-electron chi connectivity index (χ0n) is 12.3. The molecule has 6 nitrogen and oxygen atoms in total. The summed E-state index contributed by atoms with van der Waals surface area (Å²) >= 11 is 0. The lowest BCUT2D eigenvalue weighted by Gasteiger charge is -2.27. The average molecular weight is 287 g/mol. The fraction of sp³-hybridized carbons (Fsp3) is 0.692. The predicted molar refractivity (Wildman–Crippen MR) is 72.2 cm³/mol. The third-order valence-corrected chi connectivity index (χ3v) is 2.55. The van der Waals surface area contributed by atoms with E-state index in [0.717, 1.165) is 0 Å². The number of hydrogen-bond acceptors (Lipinski definition) is 4. The molecule has 114 valence electrons. The summed E-state index contributed by atoms with van der Waals surface area (Å²) in [5.41, 5.74) is -0.612. The topological polar surface area (TPSA) is 65.4 Å². The van der Waals surface area contributed by atoms with E-state index in [1.54, 1.807) is 43.9 Å². The van der Waals surface area contributed by atoms with Crippen LogP contribution in [-0.2, 0) is 16.0 Å². The zero-order valence-corrected chi connectivity index (χ0v) is 12.3. The largest absolute Gasteiger partial charge is 0.444 e. The van der Waals surface area contributed by atoms with Crippen LogP contribution in [0.1, 0.15) is 20.8 Å². The Hall–Kier alpha value is -1.63. The predicted octanol–water partition coefficient (Wildman–Crippen LogP) is 1.76. The Morgan fingerprint density at radius 2 is 2.20 bits per heavy atom. The van der Waals surface area contributed by atoms with Crippen LogP contribution in [0.2, 0.25) is 0 Å². The van der Waals surface area contributed by atoms with Gasteiger partial charge in [-0.05, 0) is 26.8 Å². The minimum atomic E-state index is -0.758. The molecule has 1 aromatic heterocycles. The lowest BCUT2D eigenvalue weighted by atomic mass is 10.1. The zero-order chi connectivity index (χ0) is 15.2. The van der Waals surface area contributed by atoms with Crippen molar-refractivity contribution >= 4 is 6.09 Å². The van der Waals surface area contributed by atoms with Crippen LogP contribution in [0.4, 0.5) is 9.18 Å². The van der Waals surface area contributed by atoms with Gasteiger partial charge in [0, 0.05) is 19.5 Å². The third kappa shape index (κ3) is 5.56. The number of amides is 1. The highest BCUT2D eigenvalue weighted by molar-refractivity contribution is 5.68. The molecule has 0 spiro atoms. The van der Waals surface area contributed by atoms with Gasteiger partial charge in [-0.15, -0.1) is 0 Å². The van der Waals surface area contributed by atoms with E-state index in [9.17, 15) is 9.18 Å². The summed E-state index contributed by atoms with van der Waals surface area (Å²) in [6, 6.07) is 1.18. The van der Waals surface area contributed by atoms with E-state index in [0.29, 0.717) is 6.54 Å². The second-order valence-corrected chi connectivity index (χ2v) is 5.41. The second kappa shape index (κ2) is 7.23. The first-order valence-electron chi connectivity index (χ1n) is 6.41. The molecule has 1 aromatic rings. The highest BCUT2D eigenvalue weighted by Crippen LogP contribution is 2.09. The molecule has 0 radical (unpaired) electrons. The van der Waals surface area contributed by atoms with Crippen molar-refractivity contribution in [1.29, 1.82) is 0 Å². The molecular weight excluding hydrogens is 265 g/mol. The van der Waals surface area contributed by atoms with Crippen molar-refractivity contribution in [3.05, 3.63) is 18.5 Å². The maximum absolute atomic E-state index is 13.0. The monoisotopic (exact) mass is 287 g/mol. The lowest BCUT2D eigenvalue weighted by molar-refractivity contribution is 0.0220. The van der Waals surface area contributed by atoms with E-state index in [-0.39, 0.29) is 0 Å². The summed E-state index contributed by atoms with van der Waals surface area (Å²) < 4.78 is 24.8. The van der Waals surface area contributed by atoms with E-state index >= 15 is 0 Å². The van der Waals surface area contributed by atoms with Gasteiger partial charge in [-0.2, -0.15) is 5.10 Å². The van der Waals surface area contributed by atoms with Crippen molar-refractivity contribution in [3.63, 3.8) is 0 Å². The summed E-state index contributed by atoms with van der Waals surface area (Å²) in [5, 5.41) is 6.66. The molecule has 2 atom stereocenters. The molecule has 1 heterocycles. The third-order valence-electron chi connectivity index (χ3n) is 2.55. The smallest absolute Gasteiger partial charge is 0.408 e. The molecule has 0 saturated heterocycles. The molecule has 1 amide bonds. The number of alkyl carbamates (subject to hydrolysis) is 1. The number of rotatable bonds is 6. The van der Waals surface area contributed by atoms with Crippen LogP contribution in [0, 0.1) is 0 Å². The van der Waals surface area contributed by atoms with Gasteiger partial charge in [0.1, 0.15) is 18.4 Å². The summed E-state index contributed by atoms with van der Waals surface area (Å²) in [5.74, 6) is 0. The van der Waals surface area contributed by atoms with E-state index in [2.05, 4.69) is 10.4 Å². The molecule has 2 unspecified atom stereocenters. The lowest BCUT2D eigenvalue weighted by Crippen LogP contribution is -2.49. The van der Waals surface area contributed by atoms with Gasteiger partial charge >= 0.3 is 6.09 Å². The number of alkyl halides is 1. The minimum absolute atomic E-state index is 0.300. The van der Waals surface area contributed by atoms with Crippen LogP contribution in [-0.4, -0.2) is 47.4 Å². The van der Waals surface area contributed by atoms with E-state index in [1.807, 2.05) is 0 Å². The number of nitrogens with zero attached hydrogens (tertiary/aromatic N) is 2. The number of methoxy groups -OCH3 is 1. The van der Waals surface area contributed by atoms with Gasteiger partial charge in [0.05, 0.1) is 12.6 Å². The van der Waals surface area contributed by atoms with Crippen LogP contribution in [0.3, 0.4) is 0 Å². The molecule has 0 aromatic carbocycles. The van der Waals surface area contributed by atoms with Crippen LogP contribution in [0.5, 0.6) is 0 Å². The highest BCUT2D eigenvalue weighted by Gasteiger charge is 2.26. The summed E-state index contributed by atoms with van der Waals surface area (Å²) in [7, 11) is 1.40. The standard InChI is InChI=1S/C13H22FN3O3/c1-13(2,3)20-12(18)16-10(11(8-14)19-4)9-17-7-5-6-15-17/h5-7,10-11H,8-9H2,1-4H3,(H,16,18). The van der Waals surface area contributed by atoms with Crippen LogP contribution in [0.15, 0.2) is 18.5 Å². The Kier molecular flexibility index (Phi) is 5.94. The first-order valence-corrected chi connectivity index (χ1v) is 6.41. The number of hydrogen-bond donors (Lipinski definition) is 1.